The molecule has 2 N–H and O–H groups in total. The summed E-state index contributed by atoms with van der Waals surface area (Å²) in [7, 11) is 0. The number of amides is 1. The minimum atomic E-state index is -0.580. The van der Waals surface area contributed by atoms with Gasteiger partial charge >= 0.3 is 0 Å². The van der Waals surface area contributed by atoms with E-state index < -0.39 is 6.04 Å². The Hall–Kier alpha value is -3.42. The number of carbonyl (C=O) groups is 2. The van der Waals surface area contributed by atoms with Crippen molar-refractivity contribution in [2.75, 3.05) is 12.3 Å². The number of carbonyl (C=O) groups excluding carboxylic acids is 2. The molecule has 8 nitrogen and oxygen atoms in total. The number of nitrogen functional groups attached to an aromatic ring is 1. The number of hydrogen-bond donors (Lipinski definition) is 1. The number of nitrogens with zero attached hydrogens (tertiary/aromatic N) is 4. The van der Waals surface area contributed by atoms with Crippen LogP contribution in [0.5, 0.6) is 0 Å². The van der Waals surface area contributed by atoms with Crippen LogP contribution in [0.15, 0.2) is 53.3 Å². The van der Waals surface area contributed by atoms with Crippen LogP contribution in [0.25, 0.3) is 5.69 Å². The summed E-state index contributed by atoms with van der Waals surface area (Å²) in [5.41, 5.74) is 7.25. The van der Waals surface area contributed by atoms with Gasteiger partial charge < -0.3 is 15.2 Å². The van der Waals surface area contributed by atoms with E-state index in [9.17, 15) is 9.59 Å². The SMILES string of the molecule is Nc1c(C(=O)[C@H]2CCCN2C(=O)c2ccno2)cnn1-c1ccccc1. The van der Waals surface area contributed by atoms with Gasteiger partial charge in [-0.25, -0.2) is 4.68 Å². The molecular formula is C18H17N5O3. The lowest BCUT2D eigenvalue weighted by atomic mass is 10.0. The van der Waals surface area contributed by atoms with Crippen molar-refractivity contribution in [2.45, 2.75) is 18.9 Å². The molecule has 0 aliphatic carbocycles. The topological polar surface area (TPSA) is 107 Å². The quantitative estimate of drug-likeness (QED) is 0.720. The van der Waals surface area contributed by atoms with Crippen LogP contribution in [0.2, 0.25) is 0 Å². The number of anilines is 1. The fraction of sp³-hybridized carbons (Fsp3) is 0.222. The second-order valence-corrected chi connectivity index (χ2v) is 6.09. The predicted molar refractivity (Wildman–Crippen MR) is 92.9 cm³/mol. The number of hydrogen-bond acceptors (Lipinski definition) is 6. The first-order valence-electron chi connectivity index (χ1n) is 8.31. The summed E-state index contributed by atoms with van der Waals surface area (Å²) < 4.78 is 6.45. The molecule has 1 aliphatic rings. The zero-order valence-electron chi connectivity index (χ0n) is 13.9. The number of Topliss-reactive ketones (excluding diaryl/α,β-unsaturated/α-hetero) is 1. The van der Waals surface area contributed by atoms with Gasteiger partial charge in [0.15, 0.2) is 5.78 Å². The molecule has 1 fully saturated rings. The highest BCUT2D eigenvalue weighted by molar-refractivity contribution is 6.06. The van der Waals surface area contributed by atoms with E-state index >= 15 is 0 Å². The Bertz CT molecular complexity index is 933. The Morgan fingerprint density at radius 1 is 1.19 bits per heavy atom. The zero-order valence-corrected chi connectivity index (χ0v) is 13.9. The molecule has 2 aromatic heterocycles. The van der Waals surface area contributed by atoms with Crippen molar-refractivity contribution in [1.29, 1.82) is 0 Å². The molecule has 3 heterocycles. The fourth-order valence-electron chi connectivity index (χ4n) is 3.25. The van der Waals surface area contributed by atoms with Gasteiger partial charge in [-0.15, -0.1) is 0 Å². The minimum absolute atomic E-state index is 0.123. The van der Waals surface area contributed by atoms with E-state index in [4.69, 9.17) is 10.3 Å². The van der Waals surface area contributed by atoms with Gasteiger partial charge in [0.25, 0.3) is 5.91 Å². The molecule has 0 saturated carbocycles. The maximum atomic E-state index is 13.0. The van der Waals surface area contributed by atoms with Gasteiger partial charge in [0.2, 0.25) is 5.76 Å². The van der Waals surface area contributed by atoms with Gasteiger partial charge in [-0.1, -0.05) is 23.4 Å². The van der Waals surface area contributed by atoms with Gasteiger partial charge in [-0.05, 0) is 25.0 Å². The van der Waals surface area contributed by atoms with E-state index in [1.165, 1.54) is 28.0 Å². The monoisotopic (exact) mass is 351 g/mol. The maximum absolute atomic E-state index is 13.0. The summed E-state index contributed by atoms with van der Waals surface area (Å²) in [5, 5.41) is 7.79. The number of para-hydroxylation sites is 1. The molecule has 1 aliphatic heterocycles. The lowest BCUT2D eigenvalue weighted by Crippen LogP contribution is -2.40. The zero-order chi connectivity index (χ0) is 18.1. The Labute approximate surface area is 149 Å². The third-order valence-corrected chi connectivity index (χ3v) is 4.54. The van der Waals surface area contributed by atoms with Gasteiger partial charge in [0.1, 0.15) is 5.82 Å². The first-order valence-corrected chi connectivity index (χ1v) is 8.31. The summed E-state index contributed by atoms with van der Waals surface area (Å²) in [6.45, 7) is 0.489. The molecule has 0 bridgehead atoms. The van der Waals surface area contributed by atoms with Crippen molar-refractivity contribution in [3.63, 3.8) is 0 Å². The van der Waals surface area contributed by atoms with Crippen molar-refractivity contribution < 1.29 is 14.1 Å². The van der Waals surface area contributed by atoms with E-state index in [0.717, 1.165) is 12.1 Å². The fourth-order valence-corrected chi connectivity index (χ4v) is 3.25. The van der Waals surface area contributed by atoms with Crippen LogP contribution in [-0.4, -0.2) is 44.1 Å². The average Bonchev–Trinajstić information content (AvgIpc) is 3.42. The smallest absolute Gasteiger partial charge is 0.293 e. The summed E-state index contributed by atoms with van der Waals surface area (Å²) in [5.74, 6) is -0.166. The van der Waals surface area contributed by atoms with Crippen LogP contribution in [0, 0.1) is 0 Å². The molecule has 0 radical (unpaired) electrons. The van der Waals surface area contributed by atoms with Gasteiger partial charge in [0, 0.05) is 12.6 Å². The Morgan fingerprint density at radius 2 is 2.00 bits per heavy atom. The number of nitrogens with two attached hydrogens (primary N) is 1. The van der Waals surface area contributed by atoms with E-state index in [1.807, 2.05) is 30.3 Å². The first kappa shape index (κ1) is 16.1. The van der Waals surface area contributed by atoms with Crippen LogP contribution in [0.1, 0.15) is 33.8 Å². The molecule has 8 heteroatoms. The Kier molecular flexibility index (Phi) is 4.00. The largest absolute Gasteiger partial charge is 0.383 e. The van der Waals surface area contributed by atoms with Crippen molar-refractivity contribution in [3.05, 3.63) is 60.1 Å². The van der Waals surface area contributed by atoms with E-state index in [1.54, 1.807) is 0 Å². The maximum Gasteiger partial charge on any atom is 0.293 e. The molecule has 0 unspecified atom stereocenters. The van der Waals surface area contributed by atoms with Crippen molar-refractivity contribution in [1.82, 2.24) is 19.8 Å². The van der Waals surface area contributed by atoms with Crippen LogP contribution >= 0.6 is 0 Å². The number of benzene rings is 1. The Balaban J connectivity index is 1.61. The number of rotatable bonds is 4. The molecule has 3 aromatic rings. The molecule has 1 atom stereocenters. The van der Waals surface area contributed by atoms with E-state index in [0.29, 0.717) is 18.5 Å². The summed E-state index contributed by atoms with van der Waals surface area (Å²) >= 11 is 0. The molecule has 1 amide bonds. The molecule has 1 saturated heterocycles. The third-order valence-electron chi connectivity index (χ3n) is 4.54. The summed E-state index contributed by atoms with van der Waals surface area (Å²) in [6, 6.07) is 10.2. The molecule has 132 valence electrons. The second-order valence-electron chi connectivity index (χ2n) is 6.09. The summed E-state index contributed by atoms with van der Waals surface area (Å²) in [6.07, 6.45) is 4.18. The van der Waals surface area contributed by atoms with Crippen molar-refractivity contribution in [3.8, 4) is 5.69 Å². The van der Waals surface area contributed by atoms with Crippen molar-refractivity contribution >= 4 is 17.5 Å². The molecule has 1 aromatic carbocycles. The highest BCUT2D eigenvalue weighted by Gasteiger charge is 2.37. The highest BCUT2D eigenvalue weighted by Crippen LogP contribution is 2.26. The van der Waals surface area contributed by atoms with Crippen LogP contribution in [0.3, 0.4) is 0 Å². The van der Waals surface area contributed by atoms with Crippen molar-refractivity contribution in [2.24, 2.45) is 0 Å². The predicted octanol–water partition coefficient (Wildman–Crippen LogP) is 1.93. The van der Waals surface area contributed by atoms with Gasteiger partial charge in [-0.3, -0.25) is 9.59 Å². The molecular weight excluding hydrogens is 334 g/mol. The molecule has 0 spiro atoms. The van der Waals surface area contributed by atoms with Crippen LogP contribution in [-0.2, 0) is 0 Å². The minimum Gasteiger partial charge on any atom is -0.383 e. The number of likely N-dealkylation sites (tertiary alicyclic amines) is 1. The second kappa shape index (κ2) is 6.47. The first-order chi connectivity index (χ1) is 12.7. The lowest BCUT2D eigenvalue weighted by Gasteiger charge is -2.22. The number of aromatic nitrogens is 3. The van der Waals surface area contributed by atoms with Gasteiger partial charge in [-0.2, -0.15) is 5.10 Å². The van der Waals surface area contributed by atoms with E-state index in [2.05, 4.69) is 10.3 Å². The van der Waals surface area contributed by atoms with E-state index in [-0.39, 0.29) is 23.3 Å². The molecule has 4 rings (SSSR count). The lowest BCUT2D eigenvalue weighted by molar-refractivity contribution is 0.0640. The van der Waals surface area contributed by atoms with Crippen LogP contribution < -0.4 is 5.73 Å². The van der Waals surface area contributed by atoms with Crippen LogP contribution in [0.4, 0.5) is 5.82 Å². The highest BCUT2D eigenvalue weighted by atomic mass is 16.5. The standard InChI is InChI=1S/C18H17N5O3/c19-17-13(11-20-23(17)12-5-2-1-3-6-12)16(24)14-7-4-10-22(14)18(25)15-8-9-21-26-15/h1-3,5-6,8-9,11,14H,4,7,10,19H2/t14-/m1/s1. The normalized spacial score (nSPS) is 16.8. The third kappa shape index (κ3) is 2.65. The summed E-state index contributed by atoms with van der Waals surface area (Å²) in [4.78, 5) is 27.1. The molecule has 26 heavy (non-hydrogen) atoms. The number of ketones is 1. The Morgan fingerprint density at radius 3 is 2.73 bits per heavy atom. The van der Waals surface area contributed by atoms with Gasteiger partial charge in [0.05, 0.1) is 29.7 Å². The average molecular weight is 351 g/mol.